The summed E-state index contributed by atoms with van der Waals surface area (Å²) in [5, 5.41) is 8.38. The maximum Gasteiger partial charge on any atom is 0.304 e. The Morgan fingerprint density at radius 3 is 2.71 bits per heavy atom. The van der Waals surface area contributed by atoms with Crippen LogP contribution in [0.4, 0.5) is 0 Å². The molecule has 14 heavy (non-hydrogen) atoms. The Labute approximate surface area is 90.2 Å². The molecule has 0 unspecified atom stereocenters. The predicted octanol–water partition coefficient (Wildman–Crippen LogP) is 2.26. The Morgan fingerprint density at radius 2 is 2.14 bits per heavy atom. The standard InChI is InChI=1S/C10H20O3S/c1-9(2)8-13-5-3-6-14-7-4-10(11)12/h9H,3-8H2,1-2H3,(H,11,12). The highest BCUT2D eigenvalue weighted by Crippen LogP contribution is 2.04. The SMILES string of the molecule is CC(C)COCCCSCCC(=O)O. The fourth-order valence-electron chi connectivity index (χ4n) is 0.844. The number of carboxylic acid groups (broad SMARTS) is 1. The van der Waals surface area contributed by atoms with Gasteiger partial charge in [-0.3, -0.25) is 4.79 Å². The van der Waals surface area contributed by atoms with Gasteiger partial charge >= 0.3 is 5.97 Å². The van der Waals surface area contributed by atoms with Crippen LogP contribution >= 0.6 is 11.8 Å². The van der Waals surface area contributed by atoms with E-state index in [4.69, 9.17) is 9.84 Å². The molecule has 0 aromatic heterocycles. The van der Waals surface area contributed by atoms with Gasteiger partial charge in [-0.25, -0.2) is 0 Å². The van der Waals surface area contributed by atoms with Gasteiger partial charge in [0.15, 0.2) is 0 Å². The predicted molar refractivity (Wildman–Crippen MR) is 59.9 cm³/mol. The number of ether oxygens (including phenoxy) is 1. The smallest absolute Gasteiger partial charge is 0.304 e. The van der Waals surface area contributed by atoms with E-state index in [1.54, 1.807) is 11.8 Å². The van der Waals surface area contributed by atoms with E-state index in [-0.39, 0.29) is 6.42 Å². The molecule has 0 aliphatic heterocycles. The van der Waals surface area contributed by atoms with Crippen molar-refractivity contribution in [3.05, 3.63) is 0 Å². The summed E-state index contributed by atoms with van der Waals surface area (Å²) < 4.78 is 5.39. The molecule has 0 bridgehead atoms. The summed E-state index contributed by atoms with van der Waals surface area (Å²) in [6, 6.07) is 0. The fraction of sp³-hybridized carbons (Fsp3) is 0.900. The highest BCUT2D eigenvalue weighted by atomic mass is 32.2. The molecule has 0 heterocycles. The average Bonchev–Trinajstić information content (AvgIpc) is 2.08. The average molecular weight is 220 g/mol. The molecule has 0 saturated heterocycles. The summed E-state index contributed by atoms with van der Waals surface area (Å²) in [5.41, 5.74) is 0. The van der Waals surface area contributed by atoms with Crippen LogP contribution in [0.25, 0.3) is 0 Å². The Hall–Kier alpha value is -0.220. The first-order valence-electron chi connectivity index (χ1n) is 5.00. The van der Waals surface area contributed by atoms with Gasteiger partial charge in [0.05, 0.1) is 6.42 Å². The molecular weight excluding hydrogens is 200 g/mol. The van der Waals surface area contributed by atoms with Crippen molar-refractivity contribution in [1.29, 1.82) is 0 Å². The second kappa shape index (κ2) is 9.34. The van der Waals surface area contributed by atoms with E-state index in [1.165, 1.54) is 0 Å². The van der Waals surface area contributed by atoms with Crippen molar-refractivity contribution in [3.8, 4) is 0 Å². The lowest BCUT2D eigenvalue weighted by Crippen LogP contribution is -2.04. The van der Waals surface area contributed by atoms with Gasteiger partial charge in [0.2, 0.25) is 0 Å². The molecular formula is C10H20O3S. The van der Waals surface area contributed by atoms with Crippen molar-refractivity contribution in [2.45, 2.75) is 26.7 Å². The molecule has 0 atom stereocenters. The van der Waals surface area contributed by atoms with E-state index in [9.17, 15) is 4.79 Å². The molecule has 4 heteroatoms. The maximum absolute atomic E-state index is 10.2. The molecule has 0 amide bonds. The van der Waals surface area contributed by atoms with E-state index >= 15 is 0 Å². The molecule has 0 aromatic rings. The minimum Gasteiger partial charge on any atom is -0.481 e. The van der Waals surface area contributed by atoms with Gasteiger partial charge in [0, 0.05) is 19.0 Å². The quantitative estimate of drug-likeness (QED) is 0.605. The third-order valence-corrected chi connectivity index (χ3v) is 2.56. The molecule has 0 rings (SSSR count). The van der Waals surface area contributed by atoms with Gasteiger partial charge in [0.25, 0.3) is 0 Å². The number of rotatable bonds is 9. The third-order valence-electron chi connectivity index (χ3n) is 1.49. The molecule has 0 spiro atoms. The third kappa shape index (κ3) is 11.8. The molecule has 0 aromatic carbocycles. The van der Waals surface area contributed by atoms with Gasteiger partial charge in [-0.2, -0.15) is 11.8 Å². The van der Waals surface area contributed by atoms with Crippen molar-refractivity contribution < 1.29 is 14.6 Å². The van der Waals surface area contributed by atoms with Crippen LogP contribution in [0.15, 0.2) is 0 Å². The molecule has 0 saturated carbocycles. The minimum absolute atomic E-state index is 0.261. The summed E-state index contributed by atoms with van der Waals surface area (Å²) in [4.78, 5) is 10.2. The van der Waals surface area contributed by atoms with E-state index < -0.39 is 5.97 Å². The van der Waals surface area contributed by atoms with Crippen LogP contribution < -0.4 is 0 Å². The Balaban J connectivity index is 2.96. The second-order valence-electron chi connectivity index (χ2n) is 3.58. The summed E-state index contributed by atoms with van der Waals surface area (Å²) in [6.45, 7) is 5.86. The molecule has 1 N–H and O–H groups in total. The van der Waals surface area contributed by atoms with Crippen LogP contribution in [0, 0.1) is 5.92 Å². The fourth-order valence-corrected chi connectivity index (χ4v) is 1.69. The Morgan fingerprint density at radius 1 is 1.43 bits per heavy atom. The van der Waals surface area contributed by atoms with Crippen LogP contribution in [-0.4, -0.2) is 35.8 Å². The summed E-state index contributed by atoms with van der Waals surface area (Å²) in [5.74, 6) is 1.58. The first-order chi connectivity index (χ1) is 6.63. The lowest BCUT2D eigenvalue weighted by atomic mass is 10.2. The highest BCUT2D eigenvalue weighted by Gasteiger charge is 1.97. The lowest BCUT2D eigenvalue weighted by molar-refractivity contribution is -0.136. The van der Waals surface area contributed by atoms with Crippen molar-refractivity contribution in [3.63, 3.8) is 0 Å². The first-order valence-corrected chi connectivity index (χ1v) is 6.15. The van der Waals surface area contributed by atoms with Gasteiger partial charge in [0.1, 0.15) is 0 Å². The summed E-state index contributed by atoms with van der Waals surface area (Å²) >= 11 is 1.68. The molecule has 3 nitrogen and oxygen atoms in total. The topological polar surface area (TPSA) is 46.5 Å². The molecule has 0 fully saturated rings. The van der Waals surface area contributed by atoms with E-state index in [2.05, 4.69) is 13.8 Å². The van der Waals surface area contributed by atoms with E-state index in [0.29, 0.717) is 11.7 Å². The molecule has 0 aliphatic carbocycles. The van der Waals surface area contributed by atoms with Crippen LogP contribution in [0.5, 0.6) is 0 Å². The number of hydrogen-bond donors (Lipinski definition) is 1. The maximum atomic E-state index is 10.2. The van der Waals surface area contributed by atoms with Gasteiger partial charge in [-0.05, 0) is 18.1 Å². The van der Waals surface area contributed by atoms with Crippen molar-refractivity contribution in [1.82, 2.24) is 0 Å². The largest absolute Gasteiger partial charge is 0.481 e. The Bertz CT molecular complexity index is 148. The Kier molecular flexibility index (Phi) is 9.19. The summed E-state index contributed by atoms with van der Waals surface area (Å²) in [7, 11) is 0. The number of hydrogen-bond acceptors (Lipinski definition) is 3. The number of thioether (sulfide) groups is 1. The van der Waals surface area contributed by atoms with Crippen LogP contribution in [-0.2, 0) is 9.53 Å². The van der Waals surface area contributed by atoms with Crippen LogP contribution in [0.3, 0.4) is 0 Å². The van der Waals surface area contributed by atoms with Crippen LogP contribution in [0.1, 0.15) is 26.7 Å². The number of carbonyl (C=O) groups is 1. The molecule has 0 aliphatic rings. The number of aliphatic carboxylic acids is 1. The highest BCUT2D eigenvalue weighted by molar-refractivity contribution is 7.99. The van der Waals surface area contributed by atoms with Crippen molar-refractivity contribution in [2.75, 3.05) is 24.7 Å². The van der Waals surface area contributed by atoms with Gasteiger partial charge in [-0.1, -0.05) is 13.8 Å². The van der Waals surface area contributed by atoms with Gasteiger partial charge in [-0.15, -0.1) is 0 Å². The summed E-state index contributed by atoms with van der Waals surface area (Å²) in [6.07, 6.45) is 1.27. The monoisotopic (exact) mass is 220 g/mol. The molecule has 0 radical (unpaired) electrons. The number of carboxylic acids is 1. The van der Waals surface area contributed by atoms with Crippen molar-refractivity contribution >= 4 is 17.7 Å². The van der Waals surface area contributed by atoms with Crippen LogP contribution in [0.2, 0.25) is 0 Å². The zero-order valence-electron chi connectivity index (χ0n) is 8.99. The van der Waals surface area contributed by atoms with Crippen molar-refractivity contribution in [2.24, 2.45) is 5.92 Å². The molecule has 84 valence electrons. The lowest BCUT2D eigenvalue weighted by Gasteiger charge is -2.05. The second-order valence-corrected chi connectivity index (χ2v) is 4.80. The van der Waals surface area contributed by atoms with Gasteiger partial charge < -0.3 is 9.84 Å². The van der Waals surface area contributed by atoms with E-state index in [1.807, 2.05) is 0 Å². The first kappa shape index (κ1) is 13.8. The zero-order chi connectivity index (χ0) is 10.8. The zero-order valence-corrected chi connectivity index (χ0v) is 9.81. The normalized spacial score (nSPS) is 10.8. The van der Waals surface area contributed by atoms with E-state index in [0.717, 1.165) is 25.4 Å². The minimum atomic E-state index is -0.714.